The summed E-state index contributed by atoms with van der Waals surface area (Å²) in [6.45, 7) is 4.35. The molecule has 17 nitrogen and oxygen atoms in total. The maximum absolute atomic E-state index is 13.1. The van der Waals surface area contributed by atoms with Crippen molar-refractivity contribution in [2.45, 2.75) is 303 Å². The van der Waals surface area contributed by atoms with Gasteiger partial charge in [-0.2, -0.15) is 0 Å². The molecule has 0 aliphatic rings. The number of hydrogen-bond donors (Lipinski definition) is 3. The number of carbonyl (C=O) groups excluding carboxylic acids is 4. The third kappa shape index (κ3) is 73.0. The van der Waals surface area contributed by atoms with E-state index in [4.69, 9.17) is 37.0 Å². The van der Waals surface area contributed by atoms with Gasteiger partial charge in [0.05, 0.1) is 32.8 Å². The highest BCUT2D eigenvalue weighted by Gasteiger charge is 2.30. The normalized spacial score (nSPS) is 14.8. The van der Waals surface area contributed by atoms with Gasteiger partial charge in [0.1, 0.15) is 19.3 Å². The SMILES string of the molecule is CC/C=C\C/C=C\C/C=C\C/C=C\C/C=C\CCCCCC(=O)OCC(COP(=O)(O)OCC(O)COP(=O)(O)OCC(COC(=O)C/C=C\C/C=C\C/C=C\C/C=C\C/C=C\CC)OC(=O)CCCCCCCCCCCCC)OC(=O)CCCCCCCCC/C=C\C/C=C\C/C=C\CC. The number of esters is 4. The largest absolute Gasteiger partial charge is 0.472 e. The molecule has 0 radical (unpaired) electrons. The zero-order valence-electron chi connectivity index (χ0n) is 63.2. The lowest BCUT2D eigenvalue weighted by molar-refractivity contribution is -0.161. The molecule has 0 heterocycles. The van der Waals surface area contributed by atoms with Crippen molar-refractivity contribution in [1.82, 2.24) is 0 Å². The molecule has 0 aromatic rings. The molecule has 0 aromatic carbocycles. The predicted octanol–water partition coefficient (Wildman–Crippen LogP) is 22.4. The van der Waals surface area contributed by atoms with Crippen LogP contribution in [0.15, 0.2) is 158 Å². The van der Waals surface area contributed by atoms with E-state index >= 15 is 0 Å². The van der Waals surface area contributed by atoms with E-state index in [0.29, 0.717) is 25.7 Å². The van der Waals surface area contributed by atoms with Crippen LogP contribution in [-0.4, -0.2) is 96.7 Å². The number of ether oxygens (including phenoxy) is 4. The molecule has 0 rings (SSSR count). The van der Waals surface area contributed by atoms with Crippen LogP contribution < -0.4 is 0 Å². The van der Waals surface area contributed by atoms with Crippen molar-refractivity contribution < 1.29 is 80.2 Å². The lowest BCUT2D eigenvalue weighted by Gasteiger charge is -2.21. The Kier molecular flexibility index (Phi) is 70.1. The summed E-state index contributed by atoms with van der Waals surface area (Å²) in [4.78, 5) is 72.8. The highest BCUT2D eigenvalue weighted by Crippen LogP contribution is 2.45. The molecule has 0 saturated carbocycles. The molecule has 0 saturated heterocycles. The number of hydrogen-bond acceptors (Lipinski definition) is 15. The second-order valence-electron chi connectivity index (χ2n) is 25.2. The van der Waals surface area contributed by atoms with Crippen LogP contribution >= 0.6 is 15.6 Å². The van der Waals surface area contributed by atoms with Crippen molar-refractivity contribution in [1.29, 1.82) is 0 Å². The van der Waals surface area contributed by atoms with E-state index in [-0.39, 0.29) is 25.7 Å². The summed E-state index contributed by atoms with van der Waals surface area (Å²) in [6.07, 6.45) is 85.5. The smallest absolute Gasteiger partial charge is 0.462 e. The summed E-state index contributed by atoms with van der Waals surface area (Å²) in [5.74, 6) is -2.38. The van der Waals surface area contributed by atoms with Crippen LogP contribution in [0.25, 0.3) is 0 Å². The van der Waals surface area contributed by atoms with Gasteiger partial charge >= 0.3 is 39.5 Å². The highest BCUT2D eigenvalue weighted by atomic mass is 31.2. The van der Waals surface area contributed by atoms with Gasteiger partial charge in [-0.25, -0.2) is 9.13 Å². The quantitative estimate of drug-likeness (QED) is 0.0169. The number of carbonyl (C=O) groups is 4. The lowest BCUT2D eigenvalue weighted by Crippen LogP contribution is -2.30. The van der Waals surface area contributed by atoms with Gasteiger partial charge in [-0.15, -0.1) is 0 Å². The van der Waals surface area contributed by atoms with Crippen LogP contribution in [0.5, 0.6) is 0 Å². The van der Waals surface area contributed by atoms with Gasteiger partial charge in [0, 0.05) is 19.3 Å². The molecule has 0 fully saturated rings. The molecule has 5 unspecified atom stereocenters. The molecule has 102 heavy (non-hydrogen) atoms. The van der Waals surface area contributed by atoms with E-state index in [1.807, 2.05) is 18.2 Å². The van der Waals surface area contributed by atoms with E-state index in [2.05, 4.69) is 161 Å². The first-order chi connectivity index (χ1) is 49.7. The summed E-state index contributed by atoms with van der Waals surface area (Å²) in [6, 6.07) is 0. The number of aliphatic hydroxyl groups is 1. The molecule has 0 amide bonds. The Labute approximate surface area is 617 Å². The van der Waals surface area contributed by atoms with Crippen molar-refractivity contribution in [3.63, 3.8) is 0 Å². The molecular weight excluding hydrogens is 1330 g/mol. The van der Waals surface area contributed by atoms with Crippen molar-refractivity contribution in [2.24, 2.45) is 0 Å². The summed E-state index contributed by atoms with van der Waals surface area (Å²) < 4.78 is 68.3. The lowest BCUT2D eigenvalue weighted by atomic mass is 10.1. The molecule has 3 N–H and O–H groups in total. The van der Waals surface area contributed by atoms with Crippen molar-refractivity contribution in [3.8, 4) is 0 Å². The monoisotopic (exact) mass is 1470 g/mol. The summed E-state index contributed by atoms with van der Waals surface area (Å²) >= 11 is 0. The van der Waals surface area contributed by atoms with Gasteiger partial charge in [-0.3, -0.25) is 37.3 Å². The molecule has 580 valence electrons. The van der Waals surface area contributed by atoms with Gasteiger partial charge in [-0.1, -0.05) is 288 Å². The Balaban J connectivity index is 5.44. The van der Waals surface area contributed by atoms with Crippen molar-refractivity contribution in [3.05, 3.63) is 158 Å². The standard InChI is InChI=1S/C83H136O17P2/c1-5-9-13-17-21-25-29-32-35-37-38-40-42-45-49-52-56-60-64-68-81(86)94-74-79(100-83(88)70-66-62-58-54-50-46-43-39-36-33-30-26-22-18-14-10-6-2)76-98-102(91,92)96-72-77(84)71-95-101(89,90)97-75-78(99-82(87)69-65-61-57-53-47-28-24-20-16-12-8-4)73-93-80(85)67-63-59-55-51-48-44-41-34-31-27-23-19-15-11-7-3/h9-11,13-15,21-23,25-27,32-36,38,40-41,45,48-49,51,59,63,77-79,84H,5-8,12,16-20,24,28-31,37,39,42-44,46-47,50,52-58,60-62,64-76H2,1-4H3,(H,89,90)(H,91,92)/b13-9-,14-10-,15-11-,25-21-,26-22-,27-23-,35-32-,36-33-,40-38-,41-34-,49-45-,51-48-,63-59-. The van der Waals surface area contributed by atoms with Gasteiger partial charge in [0.25, 0.3) is 0 Å². The second-order valence-corrected chi connectivity index (χ2v) is 28.1. The van der Waals surface area contributed by atoms with Crippen LogP contribution in [0.3, 0.4) is 0 Å². The Hall–Kier alpha value is -5.32. The Morgan fingerprint density at radius 1 is 0.294 bits per heavy atom. The van der Waals surface area contributed by atoms with Gasteiger partial charge in [0.2, 0.25) is 0 Å². The fourth-order valence-electron chi connectivity index (χ4n) is 9.75. The first-order valence-electron chi connectivity index (χ1n) is 38.7. The topological polar surface area (TPSA) is 237 Å². The number of aliphatic hydroxyl groups excluding tert-OH is 1. The zero-order chi connectivity index (χ0) is 74.6. The number of allylic oxidation sites excluding steroid dienone is 25. The van der Waals surface area contributed by atoms with Gasteiger partial charge < -0.3 is 33.8 Å². The van der Waals surface area contributed by atoms with Crippen LogP contribution in [0, 0.1) is 0 Å². The van der Waals surface area contributed by atoms with Gasteiger partial charge in [-0.05, 0) is 128 Å². The Bertz CT molecular complexity index is 2550. The summed E-state index contributed by atoms with van der Waals surface area (Å²) in [7, 11) is -10.00. The van der Waals surface area contributed by atoms with Crippen molar-refractivity contribution >= 4 is 39.5 Å². The minimum Gasteiger partial charge on any atom is -0.462 e. The third-order valence-electron chi connectivity index (χ3n) is 15.5. The average molecular weight is 1470 g/mol. The van der Waals surface area contributed by atoms with E-state index < -0.39 is 97.5 Å². The minimum absolute atomic E-state index is 0.0690. The van der Waals surface area contributed by atoms with Crippen LogP contribution in [0.1, 0.15) is 285 Å². The van der Waals surface area contributed by atoms with Crippen molar-refractivity contribution in [2.75, 3.05) is 39.6 Å². The van der Waals surface area contributed by atoms with E-state index in [9.17, 15) is 43.2 Å². The first-order valence-corrected chi connectivity index (χ1v) is 41.7. The Morgan fingerprint density at radius 2 is 0.549 bits per heavy atom. The van der Waals surface area contributed by atoms with Gasteiger partial charge in [0.15, 0.2) is 12.2 Å². The number of rotatable bonds is 71. The molecular formula is C83H136O17P2. The molecule has 19 heteroatoms. The van der Waals surface area contributed by atoms with Crippen LogP contribution in [0.4, 0.5) is 0 Å². The Morgan fingerprint density at radius 3 is 0.882 bits per heavy atom. The van der Waals surface area contributed by atoms with E-state index in [1.165, 1.54) is 38.5 Å². The fourth-order valence-corrected chi connectivity index (χ4v) is 11.3. The molecule has 0 aromatic heterocycles. The number of phosphoric acid groups is 2. The summed E-state index contributed by atoms with van der Waals surface area (Å²) in [5, 5.41) is 10.6. The second kappa shape index (κ2) is 74.0. The maximum Gasteiger partial charge on any atom is 0.472 e. The summed E-state index contributed by atoms with van der Waals surface area (Å²) in [5.41, 5.74) is 0. The highest BCUT2D eigenvalue weighted by molar-refractivity contribution is 7.47. The fraction of sp³-hybridized carbons (Fsp3) is 0.639. The molecule has 0 aliphatic heterocycles. The molecule has 0 bridgehead atoms. The van der Waals surface area contributed by atoms with E-state index in [1.54, 1.807) is 6.08 Å². The van der Waals surface area contributed by atoms with Crippen LogP contribution in [0.2, 0.25) is 0 Å². The predicted molar refractivity (Wildman–Crippen MR) is 417 cm³/mol. The van der Waals surface area contributed by atoms with E-state index in [0.717, 1.165) is 167 Å². The number of unbranched alkanes of at least 4 members (excludes halogenated alkanes) is 20. The maximum atomic E-state index is 13.1. The molecule has 0 aliphatic carbocycles. The molecule has 5 atom stereocenters. The zero-order valence-corrected chi connectivity index (χ0v) is 65.0. The minimum atomic E-state index is -5.00. The first kappa shape index (κ1) is 96.7. The molecule has 0 spiro atoms. The van der Waals surface area contributed by atoms with Crippen LogP contribution in [-0.2, 0) is 65.4 Å². The third-order valence-corrected chi connectivity index (χ3v) is 17.4. The average Bonchev–Trinajstić information content (AvgIpc) is 0.921. The number of phosphoric ester groups is 2.